The normalized spacial score (nSPS) is 10.7. The second-order valence-corrected chi connectivity index (χ2v) is 6.14. The van der Waals surface area contributed by atoms with E-state index in [9.17, 15) is 14.4 Å². The molecule has 0 saturated heterocycles. The van der Waals surface area contributed by atoms with Gasteiger partial charge in [-0.25, -0.2) is 4.98 Å². The number of aryl methyl sites for hydroxylation is 2. The number of fused-ring (bicyclic) bond motifs is 1. The van der Waals surface area contributed by atoms with Crippen LogP contribution in [0.15, 0.2) is 18.3 Å². The Hall–Kier alpha value is -2.90. The van der Waals surface area contributed by atoms with Gasteiger partial charge in [0.2, 0.25) is 5.91 Å². The van der Waals surface area contributed by atoms with E-state index in [1.54, 1.807) is 11.3 Å². The van der Waals surface area contributed by atoms with E-state index in [1.807, 2.05) is 25.3 Å². The van der Waals surface area contributed by atoms with E-state index in [0.29, 0.717) is 37.3 Å². The number of hydrogen-bond acceptors (Lipinski definition) is 4. The van der Waals surface area contributed by atoms with Gasteiger partial charge in [0.15, 0.2) is 0 Å². The van der Waals surface area contributed by atoms with Crippen LogP contribution in [0.4, 0.5) is 0 Å². The summed E-state index contributed by atoms with van der Waals surface area (Å²) in [6.45, 7) is 4.46. The highest BCUT2D eigenvalue weighted by Gasteiger charge is 2.16. The number of aliphatic carboxylic acids is 1. The maximum Gasteiger partial charge on any atom is 0.303 e. The first-order valence-electron chi connectivity index (χ1n) is 8.61. The van der Waals surface area contributed by atoms with Gasteiger partial charge in [0.1, 0.15) is 11.3 Å². The van der Waals surface area contributed by atoms with E-state index in [4.69, 9.17) is 5.11 Å². The van der Waals surface area contributed by atoms with Crippen LogP contribution >= 0.6 is 0 Å². The summed E-state index contributed by atoms with van der Waals surface area (Å²) in [6, 6.07) is 3.81. The molecule has 0 bridgehead atoms. The van der Waals surface area contributed by atoms with Crippen LogP contribution < -0.4 is 10.6 Å². The van der Waals surface area contributed by atoms with E-state index in [2.05, 4.69) is 15.6 Å². The lowest BCUT2D eigenvalue weighted by Crippen LogP contribution is -2.29. The Balaban J connectivity index is 1.78. The molecule has 0 aliphatic rings. The van der Waals surface area contributed by atoms with Crippen LogP contribution in [0, 0.1) is 13.8 Å². The summed E-state index contributed by atoms with van der Waals surface area (Å²) in [5, 5.41) is 14.0. The molecule has 3 N–H and O–H groups in total. The van der Waals surface area contributed by atoms with Gasteiger partial charge < -0.3 is 15.7 Å². The number of carboxylic acids is 1. The Morgan fingerprint density at radius 1 is 1.12 bits per heavy atom. The first-order chi connectivity index (χ1) is 12.4. The highest BCUT2D eigenvalue weighted by molar-refractivity contribution is 5.94. The molecular formula is C18H24N4O4. The third kappa shape index (κ3) is 5.05. The van der Waals surface area contributed by atoms with Crippen molar-refractivity contribution in [2.75, 3.05) is 13.1 Å². The molecule has 2 heterocycles. The van der Waals surface area contributed by atoms with Crippen LogP contribution in [0.2, 0.25) is 0 Å². The fourth-order valence-electron chi connectivity index (χ4n) is 2.68. The number of amides is 2. The molecule has 0 radical (unpaired) electrons. The lowest BCUT2D eigenvalue weighted by atomic mass is 10.2. The quantitative estimate of drug-likeness (QED) is 0.586. The van der Waals surface area contributed by atoms with Crippen molar-refractivity contribution in [2.45, 2.75) is 39.5 Å². The summed E-state index contributed by atoms with van der Waals surface area (Å²) in [5.41, 5.74) is 2.92. The molecule has 26 heavy (non-hydrogen) atoms. The zero-order valence-electron chi connectivity index (χ0n) is 15.0. The van der Waals surface area contributed by atoms with Crippen LogP contribution in [0.1, 0.15) is 47.4 Å². The summed E-state index contributed by atoms with van der Waals surface area (Å²) in [7, 11) is 0. The van der Waals surface area contributed by atoms with Crippen LogP contribution in [-0.4, -0.2) is 45.4 Å². The van der Waals surface area contributed by atoms with Crippen molar-refractivity contribution in [1.29, 1.82) is 0 Å². The van der Waals surface area contributed by atoms with Gasteiger partial charge in [-0.3, -0.25) is 18.8 Å². The summed E-state index contributed by atoms with van der Waals surface area (Å²) >= 11 is 0. The van der Waals surface area contributed by atoms with Gasteiger partial charge in [-0.1, -0.05) is 6.07 Å². The Labute approximate surface area is 151 Å². The summed E-state index contributed by atoms with van der Waals surface area (Å²) in [6.07, 6.45) is 3.03. The number of carbonyl (C=O) groups excluding carboxylic acids is 2. The highest BCUT2D eigenvalue weighted by atomic mass is 16.4. The number of hydrogen-bond donors (Lipinski definition) is 3. The zero-order chi connectivity index (χ0) is 19.1. The topological polar surface area (TPSA) is 113 Å². The number of rotatable bonds is 9. The third-order valence-corrected chi connectivity index (χ3v) is 3.99. The Bertz CT molecular complexity index is 813. The van der Waals surface area contributed by atoms with Gasteiger partial charge in [0.05, 0.1) is 5.69 Å². The van der Waals surface area contributed by atoms with Crippen molar-refractivity contribution in [2.24, 2.45) is 0 Å². The fraction of sp³-hybridized carbons (Fsp3) is 0.444. The van der Waals surface area contributed by atoms with Crippen molar-refractivity contribution < 1.29 is 19.5 Å². The van der Waals surface area contributed by atoms with Crippen molar-refractivity contribution in [3.8, 4) is 0 Å². The molecule has 0 aliphatic heterocycles. The lowest BCUT2D eigenvalue weighted by Gasteiger charge is -2.07. The summed E-state index contributed by atoms with van der Waals surface area (Å²) < 4.78 is 1.77. The van der Waals surface area contributed by atoms with Crippen LogP contribution in [0.5, 0.6) is 0 Å². The Kier molecular flexibility index (Phi) is 6.71. The maximum absolute atomic E-state index is 12.4. The minimum Gasteiger partial charge on any atom is -0.481 e. The average molecular weight is 360 g/mol. The van der Waals surface area contributed by atoms with Gasteiger partial charge in [0, 0.05) is 32.1 Å². The predicted octanol–water partition coefficient (Wildman–Crippen LogP) is 1.44. The SMILES string of the molecule is Cc1nc2c(C)cccn2c1C(=O)NCCCC(=O)NCCCC(=O)O. The molecule has 2 amide bonds. The monoisotopic (exact) mass is 360 g/mol. The van der Waals surface area contributed by atoms with Gasteiger partial charge in [0.25, 0.3) is 5.91 Å². The molecule has 2 aromatic heterocycles. The number of carboxylic acid groups (broad SMARTS) is 1. The van der Waals surface area contributed by atoms with Gasteiger partial charge in [-0.2, -0.15) is 0 Å². The van der Waals surface area contributed by atoms with Crippen molar-refractivity contribution in [3.63, 3.8) is 0 Å². The van der Waals surface area contributed by atoms with Gasteiger partial charge in [-0.15, -0.1) is 0 Å². The number of imidazole rings is 1. The first-order valence-corrected chi connectivity index (χ1v) is 8.61. The van der Waals surface area contributed by atoms with E-state index in [1.165, 1.54) is 0 Å². The Morgan fingerprint density at radius 2 is 1.81 bits per heavy atom. The third-order valence-electron chi connectivity index (χ3n) is 3.99. The number of nitrogens with one attached hydrogen (secondary N) is 2. The van der Waals surface area contributed by atoms with E-state index in [0.717, 1.165) is 11.2 Å². The molecule has 0 unspecified atom stereocenters. The molecule has 8 heteroatoms. The van der Waals surface area contributed by atoms with Crippen LogP contribution in [0.25, 0.3) is 5.65 Å². The van der Waals surface area contributed by atoms with Crippen molar-refractivity contribution in [3.05, 3.63) is 35.3 Å². The molecule has 0 saturated carbocycles. The molecule has 0 atom stereocenters. The second-order valence-electron chi connectivity index (χ2n) is 6.14. The molecule has 0 aromatic carbocycles. The minimum absolute atomic E-state index is 0.0362. The fourth-order valence-corrected chi connectivity index (χ4v) is 2.68. The van der Waals surface area contributed by atoms with Crippen molar-refractivity contribution in [1.82, 2.24) is 20.0 Å². The molecular weight excluding hydrogens is 336 g/mol. The van der Waals surface area contributed by atoms with E-state index in [-0.39, 0.29) is 24.7 Å². The molecule has 2 rings (SSSR count). The largest absolute Gasteiger partial charge is 0.481 e. The molecule has 0 fully saturated rings. The minimum atomic E-state index is -0.875. The molecule has 140 valence electrons. The summed E-state index contributed by atoms with van der Waals surface area (Å²) in [5.74, 6) is -1.24. The van der Waals surface area contributed by atoms with E-state index >= 15 is 0 Å². The smallest absolute Gasteiger partial charge is 0.303 e. The van der Waals surface area contributed by atoms with Gasteiger partial charge >= 0.3 is 5.97 Å². The second kappa shape index (κ2) is 8.98. The number of nitrogens with zero attached hydrogens (tertiary/aromatic N) is 2. The first kappa shape index (κ1) is 19.4. The standard InChI is InChI=1S/C18H24N4O4/c1-12-6-5-11-22-16(13(2)21-17(12)22)18(26)20-10-3-7-14(23)19-9-4-8-15(24)25/h5-6,11H,3-4,7-10H2,1-2H3,(H,19,23)(H,20,26)(H,24,25). The predicted molar refractivity (Wildman–Crippen MR) is 96.1 cm³/mol. The number of aromatic nitrogens is 2. The number of pyridine rings is 1. The molecule has 8 nitrogen and oxygen atoms in total. The molecule has 0 spiro atoms. The van der Waals surface area contributed by atoms with Crippen LogP contribution in [-0.2, 0) is 9.59 Å². The number of carbonyl (C=O) groups is 3. The van der Waals surface area contributed by atoms with Crippen molar-refractivity contribution >= 4 is 23.4 Å². The highest BCUT2D eigenvalue weighted by Crippen LogP contribution is 2.15. The Morgan fingerprint density at radius 3 is 2.54 bits per heavy atom. The van der Waals surface area contributed by atoms with Gasteiger partial charge in [-0.05, 0) is 38.3 Å². The maximum atomic E-state index is 12.4. The zero-order valence-corrected chi connectivity index (χ0v) is 15.0. The molecule has 0 aliphatic carbocycles. The van der Waals surface area contributed by atoms with Crippen LogP contribution in [0.3, 0.4) is 0 Å². The lowest BCUT2D eigenvalue weighted by molar-refractivity contribution is -0.137. The molecule has 2 aromatic rings. The van der Waals surface area contributed by atoms with E-state index < -0.39 is 5.97 Å². The summed E-state index contributed by atoms with van der Waals surface area (Å²) in [4.78, 5) is 38.9. The average Bonchev–Trinajstić information content (AvgIpc) is 2.93.